The Morgan fingerprint density at radius 3 is 2.82 bits per heavy atom. The van der Waals surface area contributed by atoms with Crippen LogP contribution in [0.4, 0.5) is 0 Å². The first-order valence-electron chi connectivity index (χ1n) is 6.36. The molecule has 3 N–H and O–H groups in total. The fourth-order valence-electron chi connectivity index (χ4n) is 2.01. The van der Waals surface area contributed by atoms with Gasteiger partial charge in [0.2, 0.25) is 10.0 Å². The van der Waals surface area contributed by atoms with Crippen LogP contribution in [0.1, 0.15) is 32.6 Å². The molecule has 1 aliphatic heterocycles. The zero-order valence-electron chi connectivity index (χ0n) is 10.5. The van der Waals surface area contributed by atoms with Crippen molar-refractivity contribution >= 4 is 10.0 Å². The Labute approximate surface area is 104 Å². The minimum Gasteiger partial charge on any atom is -0.377 e. The summed E-state index contributed by atoms with van der Waals surface area (Å²) < 4.78 is 31.6. The molecule has 1 heterocycles. The van der Waals surface area contributed by atoms with Crippen molar-refractivity contribution in [1.29, 1.82) is 0 Å². The van der Waals surface area contributed by atoms with Crippen molar-refractivity contribution in [3.8, 4) is 0 Å². The minimum absolute atomic E-state index is 0.0893. The molecule has 1 saturated heterocycles. The third-order valence-electron chi connectivity index (χ3n) is 3.17. The van der Waals surface area contributed by atoms with Gasteiger partial charge in [-0.1, -0.05) is 13.3 Å². The Bertz CT molecular complexity index is 300. The van der Waals surface area contributed by atoms with Crippen molar-refractivity contribution in [1.82, 2.24) is 4.72 Å². The Kier molecular flexibility index (Phi) is 6.40. The molecule has 0 radical (unpaired) electrons. The van der Waals surface area contributed by atoms with Crippen LogP contribution in [0.2, 0.25) is 0 Å². The van der Waals surface area contributed by atoms with E-state index in [9.17, 15) is 8.42 Å². The molecule has 0 amide bonds. The Morgan fingerprint density at radius 2 is 2.29 bits per heavy atom. The van der Waals surface area contributed by atoms with Crippen LogP contribution in [-0.2, 0) is 14.8 Å². The van der Waals surface area contributed by atoms with E-state index in [-0.39, 0.29) is 11.9 Å². The summed E-state index contributed by atoms with van der Waals surface area (Å²) in [5.74, 6) is 0.422. The van der Waals surface area contributed by atoms with Crippen molar-refractivity contribution in [2.75, 3.05) is 25.4 Å². The number of rotatable bonds is 8. The van der Waals surface area contributed by atoms with Crippen LogP contribution in [0.25, 0.3) is 0 Å². The van der Waals surface area contributed by atoms with Gasteiger partial charge in [0, 0.05) is 13.2 Å². The summed E-state index contributed by atoms with van der Waals surface area (Å²) in [4.78, 5) is 0. The number of nitrogens with one attached hydrogen (secondary N) is 1. The molecule has 1 rings (SSSR count). The quantitative estimate of drug-likeness (QED) is 0.667. The Morgan fingerprint density at radius 1 is 1.53 bits per heavy atom. The second kappa shape index (κ2) is 7.31. The number of nitrogens with two attached hydrogens (primary N) is 1. The van der Waals surface area contributed by atoms with E-state index < -0.39 is 10.0 Å². The van der Waals surface area contributed by atoms with Gasteiger partial charge in [0.1, 0.15) is 0 Å². The van der Waals surface area contributed by atoms with Crippen LogP contribution < -0.4 is 10.5 Å². The highest BCUT2D eigenvalue weighted by molar-refractivity contribution is 7.89. The molecule has 2 unspecified atom stereocenters. The number of hydrogen-bond donors (Lipinski definition) is 2. The molecule has 102 valence electrons. The monoisotopic (exact) mass is 264 g/mol. The third kappa shape index (κ3) is 5.81. The summed E-state index contributed by atoms with van der Waals surface area (Å²) in [6.07, 6.45) is 3.49. The van der Waals surface area contributed by atoms with Crippen molar-refractivity contribution < 1.29 is 13.2 Å². The van der Waals surface area contributed by atoms with Gasteiger partial charge in [0.25, 0.3) is 0 Å². The van der Waals surface area contributed by atoms with E-state index in [0.29, 0.717) is 25.6 Å². The first-order valence-corrected chi connectivity index (χ1v) is 8.01. The van der Waals surface area contributed by atoms with Crippen LogP contribution in [0.5, 0.6) is 0 Å². The van der Waals surface area contributed by atoms with Crippen LogP contribution in [0.15, 0.2) is 0 Å². The average Bonchev–Trinajstić information content (AvgIpc) is 2.76. The smallest absolute Gasteiger partial charge is 0.214 e. The van der Waals surface area contributed by atoms with E-state index in [4.69, 9.17) is 10.5 Å². The Balaban J connectivity index is 2.32. The lowest BCUT2D eigenvalue weighted by atomic mass is 10.0. The molecule has 5 nitrogen and oxygen atoms in total. The largest absolute Gasteiger partial charge is 0.377 e. The van der Waals surface area contributed by atoms with Crippen LogP contribution in [-0.4, -0.2) is 40.0 Å². The first kappa shape index (κ1) is 14.9. The molecule has 0 saturated carbocycles. The molecule has 0 bridgehead atoms. The van der Waals surface area contributed by atoms with Gasteiger partial charge in [0.15, 0.2) is 0 Å². The lowest BCUT2D eigenvalue weighted by molar-refractivity contribution is 0.127. The molecular formula is C11H24N2O3S. The minimum atomic E-state index is -3.20. The number of ether oxygens (including phenoxy) is 1. The summed E-state index contributed by atoms with van der Waals surface area (Å²) in [6, 6.07) is 0. The lowest BCUT2D eigenvalue weighted by Crippen LogP contribution is -2.35. The summed E-state index contributed by atoms with van der Waals surface area (Å²) in [7, 11) is -3.20. The number of hydrogen-bond acceptors (Lipinski definition) is 4. The average molecular weight is 264 g/mol. The molecular weight excluding hydrogens is 240 g/mol. The van der Waals surface area contributed by atoms with Gasteiger partial charge >= 0.3 is 0 Å². The molecule has 0 aliphatic carbocycles. The van der Waals surface area contributed by atoms with Gasteiger partial charge in [-0.15, -0.1) is 0 Å². The molecule has 0 aromatic rings. The van der Waals surface area contributed by atoms with E-state index in [1.54, 1.807) is 0 Å². The zero-order valence-corrected chi connectivity index (χ0v) is 11.3. The van der Waals surface area contributed by atoms with Crippen molar-refractivity contribution in [3.63, 3.8) is 0 Å². The molecule has 6 heteroatoms. The second-order valence-electron chi connectivity index (χ2n) is 4.62. The van der Waals surface area contributed by atoms with Gasteiger partial charge < -0.3 is 10.5 Å². The van der Waals surface area contributed by atoms with E-state index in [1.165, 1.54) is 0 Å². The van der Waals surface area contributed by atoms with E-state index in [2.05, 4.69) is 11.6 Å². The standard InChI is InChI=1S/C11H24N2O3S/c1-2-10(5-6-12)8-13-17(14,15)9-11-4-3-7-16-11/h10-11,13H,2-9,12H2,1H3. The molecule has 0 aromatic carbocycles. The maximum atomic E-state index is 11.8. The van der Waals surface area contributed by atoms with E-state index in [1.807, 2.05) is 0 Å². The van der Waals surface area contributed by atoms with Gasteiger partial charge in [-0.05, 0) is 31.7 Å². The molecule has 1 fully saturated rings. The predicted octanol–water partition coefficient (Wildman–Crippen LogP) is 0.460. The molecule has 1 aliphatic rings. The van der Waals surface area contributed by atoms with Gasteiger partial charge in [-0.2, -0.15) is 0 Å². The summed E-state index contributed by atoms with van der Waals surface area (Å²) in [5, 5.41) is 0. The maximum absolute atomic E-state index is 11.8. The first-order chi connectivity index (χ1) is 8.07. The van der Waals surface area contributed by atoms with Crippen LogP contribution >= 0.6 is 0 Å². The summed E-state index contributed by atoms with van der Waals surface area (Å²) >= 11 is 0. The van der Waals surface area contributed by atoms with Crippen molar-refractivity contribution in [2.45, 2.75) is 38.7 Å². The van der Waals surface area contributed by atoms with Crippen LogP contribution in [0.3, 0.4) is 0 Å². The summed E-state index contributed by atoms with van der Waals surface area (Å²) in [5.41, 5.74) is 5.48. The van der Waals surface area contributed by atoms with E-state index in [0.717, 1.165) is 25.7 Å². The topological polar surface area (TPSA) is 81.4 Å². The molecule has 0 spiro atoms. The lowest BCUT2D eigenvalue weighted by Gasteiger charge is -2.16. The van der Waals surface area contributed by atoms with Gasteiger partial charge in [-0.25, -0.2) is 13.1 Å². The SMILES string of the molecule is CCC(CCN)CNS(=O)(=O)CC1CCCO1. The van der Waals surface area contributed by atoms with Crippen molar-refractivity contribution in [2.24, 2.45) is 11.7 Å². The molecule has 17 heavy (non-hydrogen) atoms. The normalized spacial score (nSPS) is 22.8. The van der Waals surface area contributed by atoms with Gasteiger partial charge in [-0.3, -0.25) is 0 Å². The maximum Gasteiger partial charge on any atom is 0.214 e. The molecule has 2 atom stereocenters. The highest BCUT2D eigenvalue weighted by atomic mass is 32.2. The van der Waals surface area contributed by atoms with Crippen molar-refractivity contribution in [3.05, 3.63) is 0 Å². The fourth-order valence-corrected chi connectivity index (χ4v) is 3.37. The summed E-state index contributed by atoms with van der Waals surface area (Å²) in [6.45, 7) is 3.83. The Hall–Kier alpha value is -0.170. The highest BCUT2D eigenvalue weighted by Gasteiger charge is 2.23. The highest BCUT2D eigenvalue weighted by Crippen LogP contribution is 2.14. The predicted molar refractivity (Wildman–Crippen MR) is 68.2 cm³/mol. The molecule has 0 aromatic heterocycles. The fraction of sp³-hybridized carbons (Fsp3) is 1.00. The van der Waals surface area contributed by atoms with Crippen LogP contribution in [0, 0.1) is 5.92 Å². The number of sulfonamides is 1. The van der Waals surface area contributed by atoms with E-state index >= 15 is 0 Å². The second-order valence-corrected chi connectivity index (χ2v) is 6.47. The van der Waals surface area contributed by atoms with Gasteiger partial charge in [0.05, 0.1) is 11.9 Å². The third-order valence-corrected chi connectivity index (χ3v) is 4.59. The zero-order chi connectivity index (χ0) is 12.7.